The molecular formula is C13H16ClN3OS. The molecule has 0 spiro atoms. The number of Topliss-reactive ketones (excluding diaryl/α,β-unsaturated/α-hetero) is 1. The number of ketones is 1. The van der Waals surface area contributed by atoms with Gasteiger partial charge < -0.3 is 10.6 Å². The van der Waals surface area contributed by atoms with Crippen LogP contribution >= 0.6 is 22.9 Å². The molecule has 0 bridgehead atoms. The lowest BCUT2D eigenvalue weighted by Crippen LogP contribution is -2.48. The maximum Gasteiger partial charge on any atom is 0.215 e. The van der Waals surface area contributed by atoms with E-state index < -0.39 is 5.66 Å². The van der Waals surface area contributed by atoms with Crippen molar-refractivity contribution < 1.29 is 4.79 Å². The van der Waals surface area contributed by atoms with Crippen LogP contribution in [0.1, 0.15) is 32.1 Å². The second-order valence-corrected chi connectivity index (χ2v) is 6.67. The van der Waals surface area contributed by atoms with Crippen LogP contribution in [0.3, 0.4) is 0 Å². The predicted molar refractivity (Wildman–Crippen MR) is 78.5 cm³/mol. The average Bonchev–Trinajstić information content (AvgIpc) is 2.73. The molecule has 1 aromatic heterocycles. The second kappa shape index (κ2) is 4.66. The number of hydrogen-bond acceptors (Lipinski definition) is 5. The van der Waals surface area contributed by atoms with Crippen LogP contribution in [0.15, 0.2) is 4.99 Å². The maximum atomic E-state index is 12.5. The van der Waals surface area contributed by atoms with E-state index in [0.29, 0.717) is 12.3 Å². The van der Waals surface area contributed by atoms with Crippen LogP contribution in [0, 0.1) is 0 Å². The largest absolute Gasteiger partial charge is 0.301 e. The number of nitrogens with zero attached hydrogens (tertiary/aromatic N) is 2. The molecule has 2 N–H and O–H groups in total. The van der Waals surface area contributed by atoms with Gasteiger partial charge in [0.15, 0.2) is 5.66 Å². The van der Waals surface area contributed by atoms with Gasteiger partial charge in [0.1, 0.15) is 0 Å². The van der Waals surface area contributed by atoms with Crippen LogP contribution in [-0.4, -0.2) is 42.0 Å². The van der Waals surface area contributed by atoms with Gasteiger partial charge in [-0.05, 0) is 19.0 Å². The molecule has 0 aromatic carbocycles. The Kier molecular flexibility index (Phi) is 3.25. The molecule has 0 radical (unpaired) electrons. The summed E-state index contributed by atoms with van der Waals surface area (Å²) in [6, 6.07) is 0. The number of halogens is 1. The van der Waals surface area contributed by atoms with Gasteiger partial charge in [0.2, 0.25) is 5.78 Å². The van der Waals surface area contributed by atoms with E-state index in [2.05, 4.69) is 16.9 Å². The molecule has 1 aromatic rings. The number of nitrogens with two attached hydrogens (primary N) is 1. The fourth-order valence-corrected chi connectivity index (χ4v) is 4.33. The third-order valence-electron chi connectivity index (χ3n) is 3.79. The number of fused-ring (bicyclic) bond motifs is 3. The highest BCUT2D eigenvalue weighted by Gasteiger charge is 2.40. The summed E-state index contributed by atoms with van der Waals surface area (Å²) >= 11 is 7.30. The smallest absolute Gasteiger partial charge is 0.215 e. The van der Waals surface area contributed by atoms with Gasteiger partial charge in [-0.2, -0.15) is 0 Å². The highest BCUT2D eigenvalue weighted by molar-refractivity contribution is 7.14. The Morgan fingerprint density at radius 2 is 2.42 bits per heavy atom. The molecule has 0 fully saturated rings. The molecule has 0 saturated carbocycles. The van der Waals surface area contributed by atoms with Gasteiger partial charge in [0.25, 0.3) is 0 Å². The summed E-state index contributed by atoms with van der Waals surface area (Å²) in [5.74, 6) is 0.260. The van der Waals surface area contributed by atoms with Crippen molar-refractivity contribution >= 4 is 34.9 Å². The molecule has 6 heteroatoms. The number of rotatable bonds is 2. The molecule has 2 aliphatic heterocycles. The van der Waals surface area contributed by atoms with E-state index in [1.165, 1.54) is 10.4 Å². The van der Waals surface area contributed by atoms with Gasteiger partial charge in [-0.1, -0.05) is 0 Å². The average molecular weight is 298 g/mol. The number of carbonyl (C=O) groups excluding carboxylic acids is 1. The standard InChI is InChI=1S/C13H16ClN3OS/c1-17-5-2-8-9-6-16-13(15,3-4-14)12(18)11(9)19-10(8)7-17/h6H,2-5,7,15H2,1H3. The lowest BCUT2D eigenvalue weighted by atomic mass is 9.93. The summed E-state index contributed by atoms with van der Waals surface area (Å²) in [5.41, 5.74) is 7.19. The quantitative estimate of drug-likeness (QED) is 0.844. The van der Waals surface area contributed by atoms with Crippen molar-refractivity contribution in [1.29, 1.82) is 0 Å². The topological polar surface area (TPSA) is 58.7 Å². The minimum atomic E-state index is -1.16. The van der Waals surface area contributed by atoms with E-state index in [9.17, 15) is 4.79 Å². The van der Waals surface area contributed by atoms with Crippen molar-refractivity contribution in [3.8, 4) is 0 Å². The Morgan fingerprint density at radius 3 is 3.16 bits per heavy atom. The summed E-state index contributed by atoms with van der Waals surface area (Å²) < 4.78 is 0. The summed E-state index contributed by atoms with van der Waals surface area (Å²) in [4.78, 5) is 21.1. The normalized spacial score (nSPS) is 26.4. The Morgan fingerprint density at radius 1 is 1.63 bits per heavy atom. The van der Waals surface area contributed by atoms with Crippen molar-refractivity contribution in [2.24, 2.45) is 10.7 Å². The lowest BCUT2D eigenvalue weighted by molar-refractivity contribution is 0.0892. The first-order valence-corrected chi connectivity index (χ1v) is 7.68. The van der Waals surface area contributed by atoms with Crippen molar-refractivity contribution in [3.63, 3.8) is 0 Å². The minimum Gasteiger partial charge on any atom is -0.301 e. The Balaban J connectivity index is 2.04. The molecule has 102 valence electrons. The fraction of sp³-hybridized carbons (Fsp3) is 0.538. The highest BCUT2D eigenvalue weighted by Crippen LogP contribution is 2.36. The van der Waals surface area contributed by atoms with Gasteiger partial charge in [-0.25, -0.2) is 0 Å². The van der Waals surface area contributed by atoms with E-state index in [0.717, 1.165) is 30.0 Å². The number of alkyl halides is 1. The minimum absolute atomic E-state index is 0.0762. The van der Waals surface area contributed by atoms with E-state index in [4.69, 9.17) is 17.3 Å². The maximum absolute atomic E-state index is 12.5. The molecule has 1 atom stereocenters. The monoisotopic (exact) mass is 297 g/mol. The third-order valence-corrected chi connectivity index (χ3v) is 5.21. The van der Waals surface area contributed by atoms with E-state index >= 15 is 0 Å². The van der Waals surface area contributed by atoms with Gasteiger partial charge in [-0.3, -0.25) is 9.79 Å². The van der Waals surface area contributed by atoms with Crippen molar-refractivity contribution in [1.82, 2.24) is 4.90 Å². The molecule has 3 heterocycles. The zero-order valence-electron chi connectivity index (χ0n) is 10.8. The summed E-state index contributed by atoms with van der Waals surface area (Å²) in [6.07, 6.45) is 3.14. The Bertz CT molecular complexity index is 568. The van der Waals surface area contributed by atoms with Crippen molar-refractivity contribution in [3.05, 3.63) is 20.9 Å². The van der Waals surface area contributed by atoms with Crippen molar-refractivity contribution in [2.75, 3.05) is 19.5 Å². The molecule has 2 aliphatic rings. The number of hydrogen-bond donors (Lipinski definition) is 1. The van der Waals surface area contributed by atoms with Crippen LogP contribution in [-0.2, 0) is 13.0 Å². The van der Waals surface area contributed by atoms with Crippen LogP contribution in [0.25, 0.3) is 0 Å². The fourth-order valence-electron chi connectivity index (χ4n) is 2.62. The van der Waals surface area contributed by atoms with Crippen LogP contribution in [0.4, 0.5) is 0 Å². The SMILES string of the molecule is CN1CCc2c(sc3c2C=NC(N)(CCCl)C3=O)C1. The molecule has 4 nitrogen and oxygen atoms in total. The zero-order chi connectivity index (χ0) is 13.6. The molecule has 3 rings (SSSR count). The first-order valence-electron chi connectivity index (χ1n) is 6.33. The number of thiophene rings is 1. The molecular weight excluding hydrogens is 282 g/mol. The predicted octanol–water partition coefficient (Wildman–Crippen LogP) is 1.64. The summed E-state index contributed by atoms with van der Waals surface area (Å²) in [7, 11) is 2.10. The van der Waals surface area contributed by atoms with E-state index in [1.54, 1.807) is 17.6 Å². The van der Waals surface area contributed by atoms with Gasteiger partial charge in [0.05, 0.1) is 4.88 Å². The van der Waals surface area contributed by atoms with Crippen LogP contribution in [0.5, 0.6) is 0 Å². The summed E-state index contributed by atoms with van der Waals surface area (Å²) in [5, 5.41) is 0. The molecule has 1 unspecified atom stereocenters. The highest BCUT2D eigenvalue weighted by atomic mass is 35.5. The first kappa shape index (κ1) is 13.2. The molecule has 0 amide bonds. The van der Waals surface area contributed by atoms with Gasteiger partial charge in [0, 0.05) is 42.0 Å². The summed E-state index contributed by atoms with van der Waals surface area (Å²) in [6.45, 7) is 1.93. The Hall–Kier alpha value is -0.750. The van der Waals surface area contributed by atoms with Gasteiger partial charge >= 0.3 is 0 Å². The van der Waals surface area contributed by atoms with Crippen LogP contribution in [0.2, 0.25) is 0 Å². The molecule has 0 saturated heterocycles. The third kappa shape index (κ3) is 2.05. The molecule has 0 aliphatic carbocycles. The molecule has 19 heavy (non-hydrogen) atoms. The number of aliphatic imine (C=N–C) groups is 1. The first-order chi connectivity index (χ1) is 9.05. The second-order valence-electron chi connectivity index (χ2n) is 5.18. The van der Waals surface area contributed by atoms with Gasteiger partial charge in [-0.15, -0.1) is 22.9 Å². The Labute approximate surface area is 121 Å². The zero-order valence-corrected chi connectivity index (χ0v) is 12.4. The van der Waals surface area contributed by atoms with Crippen LogP contribution < -0.4 is 5.73 Å². The van der Waals surface area contributed by atoms with E-state index in [-0.39, 0.29) is 5.78 Å². The van der Waals surface area contributed by atoms with Crippen molar-refractivity contribution in [2.45, 2.75) is 25.0 Å². The van der Waals surface area contributed by atoms with E-state index in [1.807, 2.05) is 0 Å². The number of carbonyl (C=O) groups is 1. The lowest BCUT2D eigenvalue weighted by Gasteiger charge is -2.26. The number of likely N-dealkylation sites (N-methyl/N-ethyl adjacent to an activating group) is 1.